The summed E-state index contributed by atoms with van der Waals surface area (Å²) in [5.41, 5.74) is 2.84. The SMILES string of the molecule is CCNC(C)CCCN(C)Cc1ccccc1C. The van der Waals surface area contributed by atoms with Crippen LogP contribution in [0.4, 0.5) is 0 Å². The first-order chi connectivity index (χ1) is 8.63. The van der Waals surface area contributed by atoms with Gasteiger partial charge in [0.05, 0.1) is 0 Å². The number of nitrogens with zero attached hydrogens (tertiary/aromatic N) is 1. The molecule has 2 heteroatoms. The molecule has 0 saturated carbocycles. The molecule has 0 aromatic heterocycles. The molecular weight excluding hydrogens is 220 g/mol. The lowest BCUT2D eigenvalue weighted by atomic mass is 10.1. The molecule has 0 aliphatic heterocycles. The van der Waals surface area contributed by atoms with Gasteiger partial charge in [-0.3, -0.25) is 0 Å². The third-order valence-electron chi connectivity index (χ3n) is 3.43. The largest absolute Gasteiger partial charge is 0.315 e. The molecule has 0 fully saturated rings. The summed E-state index contributed by atoms with van der Waals surface area (Å²) in [5.74, 6) is 0. The highest BCUT2D eigenvalue weighted by Gasteiger charge is 2.04. The van der Waals surface area contributed by atoms with Crippen molar-refractivity contribution >= 4 is 0 Å². The van der Waals surface area contributed by atoms with E-state index in [1.807, 2.05) is 0 Å². The summed E-state index contributed by atoms with van der Waals surface area (Å²) in [6.07, 6.45) is 2.52. The number of aryl methyl sites for hydroxylation is 1. The van der Waals surface area contributed by atoms with Crippen LogP contribution in [0.5, 0.6) is 0 Å². The molecule has 2 nitrogen and oxygen atoms in total. The van der Waals surface area contributed by atoms with Crippen LogP contribution in [0, 0.1) is 6.92 Å². The number of benzene rings is 1. The van der Waals surface area contributed by atoms with Gasteiger partial charge < -0.3 is 10.2 Å². The van der Waals surface area contributed by atoms with E-state index in [-0.39, 0.29) is 0 Å². The van der Waals surface area contributed by atoms with Gasteiger partial charge in [-0.25, -0.2) is 0 Å². The summed E-state index contributed by atoms with van der Waals surface area (Å²) in [5, 5.41) is 3.46. The van der Waals surface area contributed by atoms with Crippen LogP contribution in [-0.4, -0.2) is 31.1 Å². The van der Waals surface area contributed by atoms with Gasteiger partial charge in [-0.05, 0) is 58.0 Å². The number of nitrogens with one attached hydrogen (secondary N) is 1. The molecule has 0 aliphatic carbocycles. The molecule has 0 amide bonds. The molecule has 1 aromatic carbocycles. The Hall–Kier alpha value is -0.860. The standard InChI is InChI=1S/C16H28N2/c1-5-17-15(3)10-8-12-18(4)13-16-11-7-6-9-14(16)2/h6-7,9,11,15,17H,5,8,10,12-13H2,1-4H3. The molecule has 1 N–H and O–H groups in total. The smallest absolute Gasteiger partial charge is 0.0233 e. The molecule has 18 heavy (non-hydrogen) atoms. The molecule has 0 saturated heterocycles. The minimum atomic E-state index is 0.641. The van der Waals surface area contributed by atoms with Crippen molar-refractivity contribution in [2.75, 3.05) is 20.1 Å². The maximum absolute atomic E-state index is 3.46. The van der Waals surface area contributed by atoms with Crippen molar-refractivity contribution in [3.63, 3.8) is 0 Å². The first kappa shape index (κ1) is 15.2. The lowest BCUT2D eigenvalue weighted by Crippen LogP contribution is -2.27. The highest BCUT2D eigenvalue weighted by atomic mass is 15.1. The summed E-state index contributed by atoms with van der Waals surface area (Å²) in [4.78, 5) is 2.42. The van der Waals surface area contributed by atoms with Gasteiger partial charge in [0.15, 0.2) is 0 Å². The van der Waals surface area contributed by atoms with Gasteiger partial charge in [-0.1, -0.05) is 31.2 Å². The Morgan fingerprint density at radius 1 is 1.28 bits per heavy atom. The van der Waals surface area contributed by atoms with Crippen molar-refractivity contribution in [3.8, 4) is 0 Å². The Bertz CT molecular complexity index is 336. The second-order valence-corrected chi connectivity index (χ2v) is 5.27. The predicted molar refractivity (Wildman–Crippen MR) is 79.9 cm³/mol. The average Bonchev–Trinajstić information content (AvgIpc) is 2.32. The first-order valence-electron chi connectivity index (χ1n) is 7.10. The van der Waals surface area contributed by atoms with E-state index in [4.69, 9.17) is 0 Å². The zero-order valence-electron chi connectivity index (χ0n) is 12.4. The average molecular weight is 248 g/mol. The van der Waals surface area contributed by atoms with E-state index in [0.29, 0.717) is 6.04 Å². The summed E-state index contributed by atoms with van der Waals surface area (Å²) < 4.78 is 0. The van der Waals surface area contributed by atoms with E-state index in [1.54, 1.807) is 0 Å². The van der Waals surface area contributed by atoms with E-state index in [9.17, 15) is 0 Å². The zero-order valence-corrected chi connectivity index (χ0v) is 12.4. The molecule has 1 aromatic rings. The second-order valence-electron chi connectivity index (χ2n) is 5.27. The van der Waals surface area contributed by atoms with Crippen LogP contribution in [0.25, 0.3) is 0 Å². The molecule has 0 bridgehead atoms. The van der Waals surface area contributed by atoms with Gasteiger partial charge in [0, 0.05) is 12.6 Å². The summed E-state index contributed by atoms with van der Waals surface area (Å²) in [7, 11) is 2.21. The number of hydrogen-bond donors (Lipinski definition) is 1. The van der Waals surface area contributed by atoms with Crippen LogP contribution in [0.15, 0.2) is 24.3 Å². The Kier molecular flexibility index (Phi) is 6.99. The quantitative estimate of drug-likeness (QED) is 0.760. The van der Waals surface area contributed by atoms with Gasteiger partial charge in [0.1, 0.15) is 0 Å². The highest BCUT2D eigenvalue weighted by molar-refractivity contribution is 5.25. The van der Waals surface area contributed by atoms with E-state index in [1.165, 1.54) is 30.5 Å². The molecular formula is C16H28N2. The maximum Gasteiger partial charge on any atom is 0.0233 e. The fraction of sp³-hybridized carbons (Fsp3) is 0.625. The first-order valence-corrected chi connectivity index (χ1v) is 7.10. The second kappa shape index (κ2) is 8.28. The third-order valence-corrected chi connectivity index (χ3v) is 3.43. The summed E-state index contributed by atoms with van der Waals surface area (Å²) in [6.45, 7) is 9.93. The molecule has 1 atom stereocenters. The molecule has 0 aliphatic rings. The van der Waals surface area contributed by atoms with Crippen molar-refractivity contribution < 1.29 is 0 Å². The third kappa shape index (κ3) is 5.65. The summed E-state index contributed by atoms with van der Waals surface area (Å²) >= 11 is 0. The molecule has 0 heterocycles. The van der Waals surface area contributed by atoms with Crippen LogP contribution in [-0.2, 0) is 6.54 Å². The molecule has 102 valence electrons. The van der Waals surface area contributed by atoms with Gasteiger partial charge in [-0.2, -0.15) is 0 Å². The monoisotopic (exact) mass is 248 g/mol. The zero-order chi connectivity index (χ0) is 13.4. The predicted octanol–water partition coefficient (Wildman–Crippen LogP) is 3.21. The fourth-order valence-electron chi connectivity index (χ4n) is 2.28. The van der Waals surface area contributed by atoms with Crippen LogP contribution in [0.2, 0.25) is 0 Å². The molecule has 1 rings (SSSR count). The van der Waals surface area contributed by atoms with Gasteiger partial charge >= 0.3 is 0 Å². The molecule has 0 radical (unpaired) electrons. The van der Waals surface area contributed by atoms with Crippen LogP contribution in [0.1, 0.15) is 37.8 Å². The number of hydrogen-bond acceptors (Lipinski definition) is 2. The lowest BCUT2D eigenvalue weighted by Gasteiger charge is -2.19. The number of rotatable bonds is 8. The highest BCUT2D eigenvalue weighted by Crippen LogP contribution is 2.10. The van der Waals surface area contributed by atoms with Gasteiger partial charge in [-0.15, -0.1) is 0 Å². The maximum atomic E-state index is 3.46. The van der Waals surface area contributed by atoms with Crippen molar-refractivity contribution in [3.05, 3.63) is 35.4 Å². The Balaban J connectivity index is 2.26. The van der Waals surface area contributed by atoms with E-state index >= 15 is 0 Å². The van der Waals surface area contributed by atoms with E-state index < -0.39 is 0 Å². The summed E-state index contributed by atoms with van der Waals surface area (Å²) in [6, 6.07) is 9.30. The van der Waals surface area contributed by atoms with Crippen molar-refractivity contribution in [1.29, 1.82) is 0 Å². The van der Waals surface area contributed by atoms with Crippen LogP contribution in [0.3, 0.4) is 0 Å². The van der Waals surface area contributed by atoms with Crippen LogP contribution < -0.4 is 5.32 Å². The van der Waals surface area contributed by atoms with Crippen molar-refractivity contribution in [1.82, 2.24) is 10.2 Å². The Labute approximate surface area is 112 Å². The Morgan fingerprint density at radius 2 is 2.00 bits per heavy atom. The minimum absolute atomic E-state index is 0.641. The molecule has 0 spiro atoms. The van der Waals surface area contributed by atoms with Crippen molar-refractivity contribution in [2.24, 2.45) is 0 Å². The van der Waals surface area contributed by atoms with E-state index in [2.05, 4.69) is 62.3 Å². The normalized spacial score (nSPS) is 12.9. The van der Waals surface area contributed by atoms with Crippen molar-refractivity contribution in [2.45, 2.75) is 46.2 Å². The van der Waals surface area contributed by atoms with Gasteiger partial charge in [0.2, 0.25) is 0 Å². The molecule has 1 unspecified atom stereocenters. The fourth-order valence-corrected chi connectivity index (χ4v) is 2.28. The lowest BCUT2D eigenvalue weighted by molar-refractivity contribution is 0.310. The Morgan fingerprint density at radius 3 is 2.67 bits per heavy atom. The minimum Gasteiger partial charge on any atom is -0.315 e. The van der Waals surface area contributed by atoms with Gasteiger partial charge in [0.25, 0.3) is 0 Å². The topological polar surface area (TPSA) is 15.3 Å². The van der Waals surface area contributed by atoms with Crippen LogP contribution >= 0.6 is 0 Å². The van der Waals surface area contributed by atoms with E-state index in [0.717, 1.165) is 13.1 Å².